The van der Waals surface area contributed by atoms with E-state index in [1.807, 2.05) is 30.9 Å². The number of hydrogen-bond acceptors (Lipinski definition) is 6. The van der Waals surface area contributed by atoms with E-state index in [4.69, 9.17) is 16.6 Å². The van der Waals surface area contributed by atoms with E-state index < -0.39 is 10.0 Å². The Morgan fingerprint density at radius 1 is 1.03 bits per heavy atom. The van der Waals surface area contributed by atoms with Crippen molar-refractivity contribution in [2.45, 2.75) is 31.6 Å². The summed E-state index contributed by atoms with van der Waals surface area (Å²) in [6.07, 6.45) is 1.41. The number of benzene rings is 2. The topological polar surface area (TPSA) is 73.8 Å². The lowest BCUT2D eigenvalue weighted by molar-refractivity contribution is -0.137. The van der Waals surface area contributed by atoms with E-state index in [0.29, 0.717) is 39.1 Å². The molecule has 1 aromatic heterocycles. The quantitative estimate of drug-likeness (QED) is 0.500. The van der Waals surface area contributed by atoms with E-state index in [2.05, 4.69) is 4.90 Å². The molecule has 5 rings (SSSR count). The van der Waals surface area contributed by atoms with Gasteiger partial charge in [-0.05, 0) is 56.5 Å². The van der Waals surface area contributed by atoms with E-state index in [1.165, 1.54) is 4.31 Å². The van der Waals surface area contributed by atoms with Gasteiger partial charge in [-0.3, -0.25) is 4.79 Å². The smallest absolute Gasteiger partial charge is 0.243 e. The van der Waals surface area contributed by atoms with Crippen LogP contribution < -0.4 is 4.90 Å². The summed E-state index contributed by atoms with van der Waals surface area (Å²) in [6, 6.07) is 10.8. The summed E-state index contributed by atoms with van der Waals surface area (Å²) >= 11 is 7.90. The van der Waals surface area contributed by atoms with Crippen LogP contribution in [0, 0.1) is 19.8 Å². The minimum atomic E-state index is -3.60. The van der Waals surface area contributed by atoms with Crippen molar-refractivity contribution in [3.05, 3.63) is 52.5 Å². The Morgan fingerprint density at radius 2 is 1.74 bits per heavy atom. The molecule has 2 aliphatic rings. The average Bonchev–Trinajstić information content (AvgIpc) is 3.31. The van der Waals surface area contributed by atoms with Crippen LogP contribution in [0.2, 0.25) is 5.02 Å². The minimum absolute atomic E-state index is 0.0559. The zero-order valence-electron chi connectivity index (χ0n) is 19.9. The number of aryl methyl sites for hydroxylation is 2. The number of anilines is 1. The van der Waals surface area contributed by atoms with Crippen LogP contribution in [0.1, 0.15) is 24.0 Å². The van der Waals surface area contributed by atoms with Crippen LogP contribution >= 0.6 is 22.9 Å². The fourth-order valence-corrected chi connectivity index (χ4v) is 7.58. The third kappa shape index (κ3) is 4.79. The van der Waals surface area contributed by atoms with Gasteiger partial charge in [0.2, 0.25) is 15.9 Å². The number of halogens is 1. The SMILES string of the molecule is Cc1ccc(S(=O)(=O)N2CCCC(C(=O)N3CCN(c4nc5c(C)c(Cl)ccc5s4)CC3)C2)cc1. The average molecular weight is 533 g/mol. The molecule has 2 saturated heterocycles. The van der Waals surface area contributed by atoms with E-state index in [1.54, 1.807) is 35.6 Å². The second-order valence-electron chi connectivity index (χ2n) is 9.34. The van der Waals surface area contributed by atoms with Crippen LogP contribution in [-0.4, -0.2) is 67.8 Å². The summed E-state index contributed by atoms with van der Waals surface area (Å²) in [7, 11) is -3.60. The normalized spacial score (nSPS) is 19.9. The van der Waals surface area contributed by atoms with Gasteiger partial charge in [-0.1, -0.05) is 40.6 Å². The highest BCUT2D eigenvalue weighted by Gasteiger charge is 2.36. The van der Waals surface area contributed by atoms with Crippen LogP contribution in [0.3, 0.4) is 0 Å². The molecule has 10 heteroatoms. The molecular formula is C25H29ClN4O3S2. The van der Waals surface area contributed by atoms with Gasteiger partial charge in [0.1, 0.15) is 0 Å². The minimum Gasteiger partial charge on any atom is -0.345 e. The molecule has 0 saturated carbocycles. The summed E-state index contributed by atoms with van der Waals surface area (Å²) in [5, 5.41) is 1.67. The molecule has 1 unspecified atom stereocenters. The zero-order valence-corrected chi connectivity index (χ0v) is 22.3. The van der Waals surface area contributed by atoms with Gasteiger partial charge in [-0.2, -0.15) is 4.31 Å². The Labute approximate surface area is 215 Å². The van der Waals surface area contributed by atoms with Crippen LogP contribution in [0.15, 0.2) is 41.3 Å². The first-order valence-corrected chi connectivity index (χ1v) is 14.5. The number of hydrogen-bond donors (Lipinski definition) is 0. The van der Waals surface area contributed by atoms with Crippen molar-refractivity contribution in [2.75, 3.05) is 44.2 Å². The van der Waals surface area contributed by atoms with Crippen molar-refractivity contribution < 1.29 is 13.2 Å². The number of carbonyl (C=O) groups is 1. The Bertz CT molecular complexity index is 1350. The third-order valence-corrected chi connectivity index (χ3v) is 10.4. The van der Waals surface area contributed by atoms with Crippen LogP contribution in [0.25, 0.3) is 10.2 Å². The molecule has 3 heterocycles. The highest BCUT2D eigenvalue weighted by molar-refractivity contribution is 7.89. The standard InChI is InChI=1S/C25H29ClN4O3S2/c1-17-5-7-20(8-6-17)35(32,33)30-11-3-4-19(16-30)24(31)28-12-14-29(15-13-28)25-27-23-18(2)21(26)9-10-22(23)34-25/h5-10,19H,3-4,11-16H2,1-2H3. The second kappa shape index (κ2) is 9.69. The number of fused-ring (bicyclic) bond motifs is 1. The molecule has 0 N–H and O–H groups in total. The molecular weight excluding hydrogens is 504 g/mol. The van der Waals surface area contributed by atoms with Crippen molar-refractivity contribution in [1.29, 1.82) is 0 Å². The number of amides is 1. The number of rotatable bonds is 4. The van der Waals surface area contributed by atoms with Crippen molar-refractivity contribution in [2.24, 2.45) is 5.92 Å². The molecule has 2 fully saturated rings. The molecule has 0 bridgehead atoms. The van der Waals surface area contributed by atoms with E-state index in [0.717, 1.165) is 37.9 Å². The molecule has 2 aliphatic heterocycles. The third-order valence-electron chi connectivity index (χ3n) is 6.99. The maximum Gasteiger partial charge on any atom is 0.243 e. The summed E-state index contributed by atoms with van der Waals surface area (Å²) in [5.74, 6) is -0.247. The molecule has 1 amide bonds. The lowest BCUT2D eigenvalue weighted by Gasteiger charge is -2.38. The fraction of sp³-hybridized carbons (Fsp3) is 0.440. The first kappa shape index (κ1) is 24.5. The lowest BCUT2D eigenvalue weighted by atomic mass is 9.98. The van der Waals surface area contributed by atoms with Gasteiger partial charge in [-0.25, -0.2) is 13.4 Å². The number of piperidine rings is 1. The number of carbonyl (C=O) groups excluding carboxylic acids is 1. The number of thiazole rings is 1. The van der Waals surface area contributed by atoms with Gasteiger partial charge in [0.05, 0.1) is 21.0 Å². The van der Waals surface area contributed by atoms with E-state index in [-0.39, 0.29) is 23.3 Å². The van der Waals surface area contributed by atoms with E-state index >= 15 is 0 Å². The Morgan fingerprint density at radius 3 is 2.46 bits per heavy atom. The second-order valence-corrected chi connectivity index (χ2v) is 12.7. The van der Waals surface area contributed by atoms with Crippen molar-refractivity contribution in [3.8, 4) is 0 Å². The van der Waals surface area contributed by atoms with Crippen LogP contribution in [-0.2, 0) is 14.8 Å². The molecule has 35 heavy (non-hydrogen) atoms. The largest absolute Gasteiger partial charge is 0.345 e. The molecule has 0 aliphatic carbocycles. The Kier molecular flexibility index (Phi) is 6.78. The predicted molar refractivity (Wildman–Crippen MR) is 141 cm³/mol. The number of piperazine rings is 1. The van der Waals surface area contributed by atoms with Gasteiger partial charge in [0.15, 0.2) is 5.13 Å². The number of aromatic nitrogens is 1. The molecule has 7 nitrogen and oxygen atoms in total. The van der Waals surface area contributed by atoms with E-state index in [9.17, 15) is 13.2 Å². The monoisotopic (exact) mass is 532 g/mol. The van der Waals surface area contributed by atoms with Crippen molar-refractivity contribution >= 4 is 54.2 Å². The molecule has 186 valence electrons. The Balaban J connectivity index is 1.23. The van der Waals surface area contributed by atoms with Crippen molar-refractivity contribution in [1.82, 2.24) is 14.2 Å². The lowest BCUT2D eigenvalue weighted by Crippen LogP contribution is -2.53. The van der Waals surface area contributed by atoms with Gasteiger partial charge in [0, 0.05) is 44.3 Å². The number of sulfonamides is 1. The molecule has 0 spiro atoms. The highest BCUT2D eigenvalue weighted by Crippen LogP contribution is 2.34. The first-order chi connectivity index (χ1) is 16.7. The maximum absolute atomic E-state index is 13.3. The number of nitrogens with zero attached hydrogens (tertiary/aromatic N) is 4. The van der Waals surface area contributed by atoms with Gasteiger partial charge in [0.25, 0.3) is 0 Å². The summed E-state index contributed by atoms with van der Waals surface area (Å²) in [6.45, 7) is 7.23. The highest BCUT2D eigenvalue weighted by atomic mass is 35.5. The van der Waals surface area contributed by atoms with Crippen LogP contribution in [0.5, 0.6) is 0 Å². The van der Waals surface area contributed by atoms with Gasteiger partial charge < -0.3 is 9.80 Å². The molecule has 1 atom stereocenters. The molecule has 2 aromatic carbocycles. The summed E-state index contributed by atoms with van der Waals surface area (Å²) in [4.78, 5) is 22.5. The summed E-state index contributed by atoms with van der Waals surface area (Å²) < 4.78 is 28.9. The van der Waals surface area contributed by atoms with Gasteiger partial charge in [-0.15, -0.1) is 0 Å². The first-order valence-electron chi connectivity index (χ1n) is 11.9. The molecule has 3 aromatic rings. The zero-order chi connectivity index (χ0) is 24.7. The predicted octanol–water partition coefficient (Wildman–Crippen LogP) is 4.32. The summed E-state index contributed by atoms with van der Waals surface area (Å²) in [5.41, 5.74) is 2.94. The van der Waals surface area contributed by atoms with Crippen LogP contribution in [0.4, 0.5) is 5.13 Å². The Hall–Kier alpha value is -2.20. The van der Waals surface area contributed by atoms with Crippen molar-refractivity contribution in [3.63, 3.8) is 0 Å². The fourth-order valence-electron chi connectivity index (χ4n) is 4.82. The molecule has 0 radical (unpaired) electrons. The maximum atomic E-state index is 13.3. The van der Waals surface area contributed by atoms with Gasteiger partial charge >= 0.3 is 0 Å².